The molecule has 0 saturated heterocycles. The fourth-order valence-electron chi connectivity index (χ4n) is 1.24. The number of aryl methyl sites for hydroxylation is 1. The number of carbonyl (C=O) groups is 1. The van der Waals surface area contributed by atoms with Crippen molar-refractivity contribution in [2.45, 2.75) is 20.0 Å². The molecule has 0 aliphatic carbocycles. The Balaban J connectivity index is 2.84. The van der Waals surface area contributed by atoms with Crippen LogP contribution >= 0.6 is 0 Å². The van der Waals surface area contributed by atoms with E-state index < -0.39 is 6.10 Å². The third kappa shape index (κ3) is 2.97. The van der Waals surface area contributed by atoms with Gasteiger partial charge in [-0.3, -0.25) is 4.79 Å². The molecule has 0 aliphatic heterocycles. The van der Waals surface area contributed by atoms with E-state index in [2.05, 4.69) is 5.32 Å². The maximum atomic E-state index is 11.6. The van der Waals surface area contributed by atoms with E-state index in [1.54, 1.807) is 14.0 Å². The van der Waals surface area contributed by atoms with Crippen LogP contribution in [0.1, 0.15) is 12.5 Å². The summed E-state index contributed by atoms with van der Waals surface area (Å²) in [5.74, 6) is 0.460. The van der Waals surface area contributed by atoms with Crippen LogP contribution in [-0.2, 0) is 9.53 Å². The molecule has 0 fully saturated rings. The fraction of sp³-hybridized carbons (Fsp3) is 0.417. The minimum atomic E-state index is -0.481. The standard InChI is InChI=1S/C12H17NO3/c1-8-5-6-10(11(7-8)16-4)13-12(14)9(2)15-3/h5-7,9H,1-4H3,(H,13,14). The Kier molecular flexibility index (Phi) is 4.31. The molecule has 0 aromatic heterocycles. The van der Waals surface area contributed by atoms with E-state index in [1.165, 1.54) is 7.11 Å². The highest BCUT2D eigenvalue weighted by Crippen LogP contribution is 2.25. The summed E-state index contributed by atoms with van der Waals surface area (Å²) >= 11 is 0. The molecular weight excluding hydrogens is 206 g/mol. The smallest absolute Gasteiger partial charge is 0.253 e. The van der Waals surface area contributed by atoms with Crippen molar-refractivity contribution in [2.75, 3.05) is 19.5 Å². The average molecular weight is 223 g/mol. The summed E-state index contributed by atoms with van der Waals surface area (Å²) in [6.45, 7) is 3.65. The van der Waals surface area contributed by atoms with Gasteiger partial charge >= 0.3 is 0 Å². The van der Waals surface area contributed by atoms with Gasteiger partial charge in [0, 0.05) is 7.11 Å². The summed E-state index contributed by atoms with van der Waals surface area (Å²) < 4.78 is 10.1. The lowest BCUT2D eigenvalue weighted by molar-refractivity contribution is -0.124. The van der Waals surface area contributed by atoms with Crippen molar-refractivity contribution in [3.8, 4) is 5.75 Å². The number of hydrogen-bond donors (Lipinski definition) is 1. The molecule has 1 aromatic rings. The molecule has 0 saturated carbocycles. The van der Waals surface area contributed by atoms with Gasteiger partial charge in [-0.15, -0.1) is 0 Å². The second kappa shape index (κ2) is 5.51. The van der Waals surface area contributed by atoms with Crippen LogP contribution in [0.5, 0.6) is 5.75 Å². The Morgan fingerprint density at radius 2 is 2.06 bits per heavy atom. The monoisotopic (exact) mass is 223 g/mol. The third-order valence-electron chi connectivity index (χ3n) is 2.34. The van der Waals surface area contributed by atoms with E-state index in [9.17, 15) is 4.79 Å². The van der Waals surface area contributed by atoms with Gasteiger partial charge < -0.3 is 14.8 Å². The lowest BCUT2D eigenvalue weighted by atomic mass is 10.2. The zero-order valence-corrected chi connectivity index (χ0v) is 10.0. The van der Waals surface area contributed by atoms with Gasteiger partial charge in [0.1, 0.15) is 11.9 Å². The average Bonchev–Trinajstić information content (AvgIpc) is 2.30. The summed E-state index contributed by atoms with van der Waals surface area (Å²) in [5.41, 5.74) is 1.73. The molecule has 16 heavy (non-hydrogen) atoms. The first-order chi connectivity index (χ1) is 7.58. The minimum Gasteiger partial charge on any atom is -0.495 e. The SMILES string of the molecule is COc1cc(C)ccc1NC(=O)C(C)OC. The van der Waals surface area contributed by atoms with E-state index in [1.807, 2.05) is 25.1 Å². The number of benzene rings is 1. The summed E-state index contributed by atoms with van der Waals surface area (Å²) in [4.78, 5) is 11.6. The van der Waals surface area contributed by atoms with Crippen molar-refractivity contribution >= 4 is 11.6 Å². The van der Waals surface area contributed by atoms with Crippen molar-refractivity contribution in [1.82, 2.24) is 0 Å². The molecule has 1 atom stereocenters. The Labute approximate surface area is 95.6 Å². The molecule has 0 aliphatic rings. The van der Waals surface area contributed by atoms with E-state index in [0.29, 0.717) is 11.4 Å². The number of ether oxygens (including phenoxy) is 2. The number of rotatable bonds is 4. The molecule has 0 bridgehead atoms. The second-order valence-electron chi connectivity index (χ2n) is 3.57. The van der Waals surface area contributed by atoms with Crippen LogP contribution in [-0.4, -0.2) is 26.2 Å². The number of hydrogen-bond acceptors (Lipinski definition) is 3. The summed E-state index contributed by atoms with van der Waals surface area (Å²) in [6, 6.07) is 5.59. The van der Waals surface area contributed by atoms with E-state index in [0.717, 1.165) is 5.56 Å². The van der Waals surface area contributed by atoms with Crippen LogP contribution in [0.4, 0.5) is 5.69 Å². The highest BCUT2D eigenvalue weighted by Gasteiger charge is 2.13. The lowest BCUT2D eigenvalue weighted by Crippen LogP contribution is -2.26. The van der Waals surface area contributed by atoms with E-state index >= 15 is 0 Å². The topological polar surface area (TPSA) is 47.6 Å². The molecular formula is C12H17NO3. The first-order valence-corrected chi connectivity index (χ1v) is 5.06. The van der Waals surface area contributed by atoms with Gasteiger partial charge in [0.05, 0.1) is 12.8 Å². The number of nitrogens with one attached hydrogen (secondary N) is 1. The zero-order valence-electron chi connectivity index (χ0n) is 10.0. The largest absolute Gasteiger partial charge is 0.495 e. The van der Waals surface area contributed by atoms with E-state index in [4.69, 9.17) is 9.47 Å². The van der Waals surface area contributed by atoms with Gasteiger partial charge in [0.15, 0.2) is 0 Å². The van der Waals surface area contributed by atoms with Crippen LogP contribution < -0.4 is 10.1 Å². The Morgan fingerprint density at radius 3 is 2.62 bits per heavy atom. The van der Waals surface area contributed by atoms with Crippen molar-refractivity contribution in [1.29, 1.82) is 0 Å². The van der Waals surface area contributed by atoms with Gasteiger partial charge in [-0.25, -0.2) is 0 Å². The molecule has 1 aromatic carbocycles. The number of carbonyl (C=O) groups excluding carboxylic acids is 1. The molecule has 1 amide bonds. The highest BCUT2D eigenvalue weighted by molar-refractivity contribution is 5.95. The maximum Gasteiger partial charge on any atom is 0.253 e. The Bertz CT molecular complexity index is 377. The molecule has 0 spiro atoms. The molecule has 4 nitrogen and oxygen atoms in total. The second-order valence-corrected chi connectivity index (χ2v) is 3.57. The van der Waals surface area contributed by atoms with Crippen molar-refractivity contribution < 1.29 is 14.3 Å². The zero-order chi connectivity index (χ0) is 12.1. The van der Waals surface area contributed by atoms with Crippen molar-refractivity contribution in [3.63, 3.8) is 0 Å². The molecule has 4 heteroatoms. The molecule has 88 valence electrons. The van der Waals surface area contributed by atoms with Crippen LogP contribution in [0.15, 0.2) is 18.2 Å². The van der Waals surface area contributed by atoms with Crippen molar-refractivity contribution in [3.05, 3.63) is 23.8 Å². The summed E-state index contributed by atoms with van der Waals surface area (Å²) in [6.07, 6.45) is -0.481. The molecule has 0 heterocycles. The molecule has 1 unspecified atom stereocenters. The predicted molar refractivity (Wildman–Crippen MR) is 62.8 cm³/mol. The van der Waals surface area contributed by atoms with E-state index in [-0.39, 0.29) is 5.91 Å². The van der Waals surface area contributed by atoms with Gasteiger partial charge in [-0.05, 0) is 31.5 Å². The first kappa shape index (κ1) is 12.5. The van der Waals surface area contributed by atoms with Gasteiger partial charge in [0.25, 0.3) is 5.91 Å². The van der Waals surface area contributed by atoms with Crippen LogP contribution in [0.3, 0.4) is 0 Å². The van der Waals surface area contributed by atoms with Gasteiger partial charge in [-0.1, -0.05) is 6.07 Å². The number of methoxy groups -OCH3 is 2. The van der Waals surface area contributed by atoms with Crippen LogP contribution in [0.25, 0.3) is 0 Å². The Hall–Kier alpha value is -1.55. The maximum absolute atomic E-state index is 11.6. The van der Waals surface area contributed by atoms with Crippen molar-refractivity contribution in [2.24, 2.45) is 0 Å². The third-order valence-corrected chi connectivity index (χ3v) is 2.34. The van der Waals surface area contributed by atoms with Crippen LogP contribution in [0.2, 0.25) is 0 Å². The van der Waals surface area contributed by atoms with Gasteiger partial charge in [0.2, 0.25) is 0 Å². The van der Waals surface area contributed by atoms with Gasteiger partial charge in [-0.2, -0.15) is 0 Å². The first-order valence-electron chi connectivity index (χ1n) is 5.06. The minimum absolute atomic E-state index is 0.190. The predicted octanol–water partition coefficient (Wildman–Crippen LogP) is 1.98. The highest BCUT2D eigenvalue weighted by atomic mass is 16.5. The summed E-state index contributed by atoms with van der Waals surface area (Å²) in [5, 5.41) is 2.75. The molecule has 1 rings (SSSR count). The summed E-state index contributed by atoms with van der Waals surface area (Å²) in [7, 11) is 3.07. The number of amides is 1. The van der Waals surface area contributed by atoms with Crippen LogP contribution in [0, 0.1) is 6.92 Å². The lowest BCUT2D eigenvalue weighted by Gasteiger charge is -2.13. The quantitative estimate of drug-likeness (QED) is 0.849. The molecule has 0 radical (unpaired) electrons. The fourth-order valence-corrected chi connectivity index (χ4v) is 1.24. The number of anilines is 1. The normalized spacial score (nSPS) is 12.0. The Morgan fingerprint density at radius 1 is 1.38 bits per heavy atom. The molecule has 1 N–H and O–H groups in total.